The molecule has 0 amide bonds. The van der Waals surface area contributed by atoms with Gasteiger partial charge in [0.15, 0.2) is 0 Å². The lowest BCUT2D eigenvalue weighted by atomic mass is 9.93. The highest BCUT2D eigenvalue weighted by atomic mass is 32.1. The summed E-state index contributed by atoms with van der Waals surface area (Å²) in [4.78, 5) is 4.74. The Morgan fingerprint density at radius 3 is 3.16 bits per heavy atom. The van der Waals surface area contributed by atoms with Gasteiger partial charge in [0.05, 0.1) is 21.8 Å². The Bertz CT molecular complexity index is 505. The average Bonchev–Trinajstić information content (AvgIpc) is 2.83. The summed E-state index contributed by atoms with van der Waals surface area (Å²) in [5, 5.41) is 4.82. The van der Waals surface area contributed by atoms with Crippen molar-refractivity contribution in [2.24, 2.45) is 5.92 Å². The molecule has 102 valence electrons. The Labute approximate surface area is 118 Å². The molecular weight excluding hydrogens is 256 g/mol. The number of aromatic nitrogens is 1. The topological polar surface area (TPSA) is 34.1 Å². The first kappa shape index (κ1) is 13.0. The number of thiazole rings is 1. The molecule has 2 atom stereocenters. The number of para-hydroxylation sites is 1. The van der Waals surface area contributed by atoms with E-state index < -0.39 is 0 Å². The number of ether oxygens (including phenoxy) is 1. The van der Waals surface area contributed by atoms with Crippen LogP contribution in [0.5, 0.6) is 0 Å². The highest BCUT2D eigenvalue weighted by Gasteiger charge is 2.26. The summed E-state index contributed by atoms with van der Waals surface area (Å²) < 4.78 is 6.93. The molecule has 0 radical (unpaired) electrons. The van der Waals surface area contributed by atoms with Gasteiger partial charge in [0.25, 0.3) is 0 Å². The van der Waals surface area contributed by atoms with Gasteiger partial charge in [-0.25, -0.2) is 4.98 Å². The Morgan fingerprint density at radius 1 is 1.42 bits per heavy atom. The van der Waals surface area contributed by atoms with E-state index in [-0.39, 0.29) is 0 Å². The van der Waals surface area contributed by atoms with E-state index in [4.69, 9.17) is 9.72 Å². The molecule has 19 heavy (non-hydrogen) atoms. The first-order valence-electron chi connectivity index (χ1n) is 7.02. The molecule has 1 aliphatic rings. The van der Waals surface area contributed by atoms with Crippen LogP contribution in [0.25, 0.3) is 10.2 Å². The SMILES string of the molecule is CCNC1CCOCC1Cc1nc2ccccc2s1. The van der Waals surface area contributed by atoms with E-state index in [0.29, 0.717) is 12.0 Å². The monoisotopic (exact) mass is 276 g/mol. The molecule has 0 saturated carbocycles. The van der Waals surface area contributed by atoms with Crippen molar-refractivity contribution in [3.8, 4) is 0 Å². The molecule has 4 heteroatoms. The molecule has 1 aliphatic heterocycles. The van der Waals surface area contributed by atoms with Crippen LogP contribution in [0.15, 0.2) is 24.3 Å². The quantitative estimate of drug-likeness (QED) is 0.932. The van der Waals surface area contributed by atoms with Crippen LogP contribution in [-0.4, -0.2) is 30.8 Å². The number of hydrogen-bond donors (Lipinski definition) is 1. The molecule has 2 unspecified atom stereocenters. The Balaban J connectivity index is 1.75. The average molecular weight is 276 g/mol. The number of nitrogens with zero attached hydrogens (tertiary/aromatic N) is 1. The Morgan fingerprint density at radius 2 is 2.32 bits per heavy atom. The summed E-state index contributed by atoms with van der Waals surface area (Å²) >= 11 is 1.82. The van der Waals surface area contributed by atoms with Gasteiger partial charge in [-0.05, 0) is 25.1 Å². The molecule has 1 saturated heterocycles. The fourth-order valence-electron chi connectivity index (χ4n) is 2.76. The van der Waals surface area contributed by atoms with Crippen LogP contribution in [0, 0.1) is 5.92 Å². The minimum absolute atomic E-state index is 0.550. The van der Waals surface area contributed by atoms with Crippen molar-refractivity contribution in [2.75, 3.05) is 19.8 Å². The maximum absolute atomic E-state index is 5.64. The Hall–Kier alpha value is -0.970. The largest absolute Gasteiger partial charge is 0.381 e. The second kappa shape index (κ2) is 5.99. The fourth-order valence-corrected chi connectivity index (χ4v) is 3.82. The van der Waals surface area contributed by atoms with Gasteiger partial charge < -0.3 is 10.1 Å². The van der Waals surface area contributed by atoms with Crippen molar-refractivity contribution in [2.45, 2.75) is 25.8 Å². The van der Waals surface area contributed by atoms with E-state index in [9.17, 15) is 0 Å². The molecular formula is C15H20N2OS. The lowest BCUT2D eigenvalue weighted by Gasteiger charge is -2.31. The highest BCUT2D eigenvalue weighted by Crippen LogP contribution is 2.26. The van der Waals surface area contributed by atoms with Gasteiger partial charge in [-0.3, -0.25) is 0 Å². The van der Waals surface area contributed by atoms with Crippen molar-refractivity contribution < 1.29 is 4.74 Å². The van der Waals surface area contributed by atoms with E-state index in [1.54, 1.807) is 0 Å². The second-order valence-electron chi connectivity index (χ2n) is 5.07. The zero-order chi connectivity index (χ0) is 13.1. The van der Waals surface area contributed by atoms with Crippen molar-refractivity contribution >= 4 is 21.6 Å². The van der Waals surface area contributed by atoms with Crippen LogP contribution >= 0.6 is 11.3 Å². The van der Waals surface area contributed by atoms with E-state index in [0.717, 1.165) is 38.1 Å². The number of hydrogen-bond acceptors (Lipinski definition) is 4. The van der Waals surface area contributed by atoms with Crippen molar-refractivity contribution in [1.29, 1.82) is 0 Å². The lowest BCUT2D eigenvalue weighted by Crippen LogP contribution is -2.43. The zero-order valence-corrected chi connectivity index (χ0v) is 12.1. The number of fused-ring (bicyclic) bond motifs is 1. The maximum Gasteiger partial charge on any atom is 0.0942 e. The van der Waals surface area contributed by atoms with Gasteiger partial charge in [-0.1, -0.05) is 19.1 Å². The summed E-state index contributed by atoms with van der Waals surface area (Å²) in [5.41, 5.74) is 1.12. The van der Waals surface area contributed by atoms with Gasteiger partial charge >= 0.3 is 0 Å². The van der Waals surface area contributed by atoms with Crippen LogP contribution in [0.3, 0.4) is 0 Å². The van der Waals surface area contributed by atoms with Crippen LogP contribution in [0.2, 0.25) is 0 Å². The smallest absolute Gasteiger partial charge is 0.0942 e. The van der Waals surface area contributed by atoms with Crippen LogP contribution in [-0.2, 0) is 11.2 Å². The predicted molar refractivity (Wildman–Crippen MR) is 79.7 cm³/mol. The molecule has 0 aliphatic carbocycles. The summed E-state index contributed by atoms with van der Waals surface area (Å²) in [6, 6.07) is 8.95. The molecule has 2 aromatic rings. The van der Waals surface area contributed by atoms with Gasteiger partial charge in [-0.2, -0.15) is 0 Å². The van der Waals surface area contributed by atoms with Crippen molar-refractivity contribution in [1.82, 2.24) is 10.3 Å². The van der Waals surface area contributed by atoms with E-state index >= 15 is 0 Å². The minimum atomic E-state index is 0.550. The third-order valence-electron chi connectivity index (χ3n) is 3.72. The fraction of sp³-hybridized carbons (Fsp3) is 0.533. The lowest BCUT2D eigenvalue weighted by molar-refractivity contribution is 0.0327. The molecule has 2 heterocycles. The third kappa shape index (κ3) is 2.96. The molecule has 1 aromatic carbocycles. The van der Waals surface area contributed by atoms with Crippen LogP contribution in [0.1, 0.15) is 18.4 Å². The maximum atomic E-state index is 5.64. The number of nitrogens with one attached hydrogen (secondary N) is 1. The van der Waals surface area contributed by atoms with Gasteiger partial charge in [-0.15, -0.1) is 11.3 Å². The first-order chi connectivity index (χ1) is 9.36. The molecule has 1 fully saturated rings. The minimum Gasteiger partial charge on any atom is -0.381 e. The molecule has 0 bridgehead atoms. The van der Waals surface area contributed by atoms with Crippen LogP contribution < -0.4 is 5.32 Å². The van der Waals surface area contributed by atoms with E-state index in [1.165, 1.54) is 9.71 Å². The van der Waals surface area contributed by atoms with E-state index in [2.05, 4.69) is 36.5 Å². The molecule has 1 N–H and O–H groups in total. The summed E-state index contributed by atoms with van der Waals surface area (Å²) in [5.74, 6) is 0.550. The molecule has 3 rings (SSSR count). The third-order valence-corrected chi connectivity index (χ3v) is 4.77. The van der Waals surface area contributed by atoms with Gasteiger partial charge in [0.2, 0.25) is 0 Å². The number of benzene rings is 1. The zero-order valence-electron chi connectivity index (χ0n) is 11.3. The normalized spacial score (nSPS) is 23.8. The summed E-state index contributed by atoms with van der Waals surface area (Å²) in [6.45, 7) is 4.94. The Kier molecular flexibility index (Phi) is 4.11. The summed E-state index contributed by atoms with van der Waals surface area (Å²) in [7, 11) is 0. The number of rotatable bonds is 4. The predicted octanol–water partition coefficient (Wildman–Crippen LogP) is 2.85. The van der Waals surface area contributed by atoms with Crippen LogP contribution in [0.4, 0.5) is 0 Å². The second-order valence-corrected chi connectivity index (χ2v) is 6.18. The highest BCUT2D eigenvalue weighted by molar-refractivity contribution is 7.18. The van der Waals surface area contributed by atoms with Gasteiger partial charge in [0, 0.05) is 25.0 Å². The standard InChI is InChI=1S/C15H20N2OS/c1-2-16-12-7-8-18-10-11(12)9-15-17-13-5-3-4-6-14(13)19-15/h3-6,11-12,16H,2,7-10H2,1H3. The molecule has 3 nitrogen and oxygen atoms in total. The molecule has 1 aromatic heterocycles. The van der Waals surface area contributed by atoms with E-state index in [1.807, 2.05) is 11.3 Å². The molecule has 0 spiro atoms. The summed E-state index contributed by atoms with van der Waals surface area (Å²) in [6.07, 6.45) is 2.14. The van der Waals surface area contributed by atoms with Crippen molar-refractivity contribution in [3.63, 3.8) is 0 Å². The first-order valence-corrected chi connectivity index (χ1v) is 7.84. The van der Waals surface area contributed by atoms with Crippen molar-refractivity contribution in [3.05, 3.63) is 29.3 Å². The van der Waals surface area contributed by atoms with Gasteiger partial charge in [0.1, 0.15) is 0 Å².